The van der Waals surface area contributed by atoms with Crippen LogP contribution < -0.4 is 15.6 Å². The summed E-state index contributed by atoms with van der Waals surface area (Å²) in [4.78, 5) is 22.8. The second-order valence-electron chi connectivity index (χ2n) is 7.72. The molecule has 0 radical (unpaired) electrons. The average molecular weight is 398 g/mol. The van der Waals surface area contributed by atoms with Crippen LogP contribution in [-0.4, -0.2) is 23.6 Å². The molecule has 1 aliphatic carbocycles. The van der Waals surface area contributed by atoms with Crippen molar-refractivity contribution in [3.8, 4) is 5.75 Å². The minimum absolute atomic E-state index is 0.00503. The molecule has 0 amide bonds. The Bertz CT molecular complexity index is 1040. The van der Waals surface area contributed by atoms with Gasteiger partial charge in [0.1, 0.15) is 16.4 Å². The lowest BCUT2D eigenvalue weighted by Crippen LogP contribution is -2.25. The lowest BCUT2D eigenvalue weighted by Gasteiger charge is -2.17. The topological polar surface area (TPSA) is 67.0 Å². The first kappa shape index (κ1) is 19.2. The van der Waals surface area contributed by atoms with E-state index in [-0.39, 0.29) is 11.6 Å². The highest BCUT2D eigenvalue weighted by Gasteiger charge is 2.23. The van der Waals surface area contributed by atoms with Crippen LogP contribution in [0.3, 0.4) is 0 Å². The molecular formula is C22H27N3O2S. The lowest BCUT2D eigenvalue weighted by molar-refractivity contribution is 0.408. The number of aryl methyl sites for hydroxylation is 1. The SMILES string of the molecule is COc1ccccc1CCN[C@@H](C)c1nc2sc3c(c2c(=O)[nH]1)CC[C@@H](C)C3. The third-order valence-corrected chi connectivity index (χ3v) is 6.78. The fourth-order valence-corrected chi connectivity index (χ4v) is 5.39. The summed E-state index contributed by atoms with van der Waals surface area (Å²) in [5, 5.41) is 4.29. The zero-order valence-electron chi connectivity index (χ0n) is 16.7. The number of thiophene rings is 1. The number of rotatable bonds is 6. The second-order valence-corrected chi connectivity index (χ2v) is 8.80. The molecule has 6 heteroatoms. The van der Waals surface area contributed by atoms with E-state index in [2.05, 4.69) is 23.3 Å². The van der Waals surface area contributed by atoms with E-state index in [1.807, 2.05) is 25.1 Å². The van der Waals surface area contributed by atoms with Gasteiger partial charge in [0.25, 0.3) is 5.56 Å². The molecule has 2 heterocycles. The van der Waals surface area contributed by atoms with Crippen molar-refractivity contribution in [3.05, 3.63) is 56.4 Å². The third-order valence-electron chi connectivity index (χ3n) is 5.63. The second kappa shape index (κ2) is 8.05. The Labute approximate surface area is 169 Å². The minimum Gasteiger partial charge on any atom is -0.496 e. The Morgan fingerprint density at radius 1 is 1.39 bits per heavy atom. The molecule has 28 heavy (non-hydrogen) atoms. The number of H-pyrrole nitrogens is 1. The zero-order chi connectivity index (χ0) is 19.7. The third kappa shape index (κ3) is 3.71. The van der Waals surface area contributed by atoms with Crippen molar-refractivity contribution in [2.45, 2.75) is 45.6 Å². The summed E-state index contributed by atoms with van der Waals surface area (Å²) in [7, 11) is 1.69. The standard InChI is InChI=1S/C22H27N3O2S/c1-13-8-9-16-18(12-13)28-22-19(16)21(26)24-20(25-22)14(2)23-11-10-15-6-4-5-7-17(15)27-3/h4-7,13-14,23H,8-12H2,1-3H3,(H,24,25,26)/t13-,14+/m1/s1. The summed E-state index contributed by atoms with van der Waals surface area (Å²) in [6, 6.07) is 8.03. The molecule has 0 aliphatic heterocycles. The predicted molar refractivity (Wildman–Crippen MR) is 115 cm³/mol. The molecule has 1 aliphatic rings. The number of nitrogens with zero attached hydrogens (tertiary/aromatic N) is 1. The van der Waals surface area contributed by atoms with Crippen molar-refractivity contribution in [1.82, 2.24) is 15.3 Å². The number of hydrogen-bond donors (Lipinski definition) is 2. The number of nitrogens with one attached hydrogen (secondary N) is 2. The number of ether oxygens (including phenoxy) is 1. The van der Waals surface area contributed by atoms with E-state index in [9.17, 15) is 4.79 Å². The highest BCUT2D eigenvalue weighted by atomic mass is 32.1. The lowest BCUT2D eigenvalue weighted by atomic mass is 9.89. The summed E-state index contributed by atoms with van der Waals surface area (Å²) < 4.78 is 5.41. The first-order valence-corrected chi connectivity index (χ1v) is 10.8. The number of fused-ring (bicyclic) bond motifs is 3. The fourth-order valence-electron chi connectivity index (χ4n) is 4.00. The molecule has 0 spiro atoms. The molecule has 5 nitrogen and oxygen atoms in total. The quantitative estimate of drug-likeness (QED) is 0.659. The molecular weight excluding hydrogens is 370 g/mol. The van der Waals surface area contributed by atoms with Crippen LogP contribution in [0.2, 0.25) is 0 Å². The van der Waals surface area contributed by atoms with E-state index in [4.69, 9.17) is 9.72 Å². The van der Waals surface area contributed by atoms with Crippen LogP contribution in [0.5, 0.6) is 5.75 Å². The Hall–Kier alpha value is -2.18. The maximum Gasteiger partial charge on any atom is 0.259 e. The van der Waals surface area contributed by atoms with Crippen LogP contribution in [-0.2, 0) is 19.3 Å². The van der Waals surface area contributed by atoms with Gasteiger partial charge in [-0.15, -0.1) is 11.3 Å². The molecule has 4 rings (SSSR count). The molecule has 0 saturated carbocycles. The molecule has 3 aromatic rings. The molecule has 0 unspecified atom stereocenters. The number of aromatic nitrogens is 2. The summed E-state index contributed by atoms with van der Waals surface area (Å²) in [6.45, 7) is 5.10. The molecule has 2 atom stereocenters. The van der Waals surface area contributed by atoms with Crippen LogP contribution >= 0.6 is 11.3 Å². The minimum atomic E-state index is -0.0233. The van der Waals surface area contributed by atoms with E-state index in [1.54, 1.807) is 18.4 Å². The molecule has 2 aromatic heterocycles. The average Bonchev–Trinajstić information content (AvgIpc) is 3.06. The Morgan fingerprint density at radius 3 is 3.04 bits per heavy atom. The van der Waals surface area contributed by atoms with Gasteiger partial charge in [0.05, 0.1) is 18.5 Å². The van der Waals surface area contributed by atoms with E-state index >= 15 is 0 Å². The van der Waals surface area contributed by atoms with Gasteiger partial charge in [-0.05, 0) is 62.3 Å². The van der Waals surface area contributed by atoms with Crippen molar-refractivity contribution < 1.29 is 4.74 Å². The Balaban J connectivity index is 1.50. The van der Waals surface area contributed by atoms with Gasteiger partial charge in [-0.2, -0.15) is 0 Å². The zero-order valence-corrected chi connectivity index (χ0v) is 17.5. The molecule has 2 N–H and O–H groups in total. The highest BCUT2D eigenvalue weighted by Crippen LogP contribution is 2.35. The van der Waals surface area contributed by atoms with Crippen molar-refractivity contribution in [3.63, 3.8) is 0 Å². The van der Waals surface area contributed by atoms with Crippen molar-refractivity contribution in [1.29, 1.82) is 0 Å². The summed E-state index contributed by atoms with van der Waals surface area (Å²) in [5.74, 6) is 2.31. The largest absolute Gasteiger partial charge is 0.496 e. The first-order valence-electron chi connectivity index (χ1n) is 9.96. The van der Waals surface area contributed by atoms with Crippen LogP contribution in [0.25, 0.3) is 10.2 Å². The predicted octanol–water partition coefficient (Wildman–Crippen LogP) is 4.01. The molecule has 148 valence electrons. The van der Waals surface area contributed by atoms with Crippen LogP contribution in [0.15, 0.2) is 29.1 Å². The van der Waals surface area contributed by atoms with Gasteiger partial charge in [-0.1, -0.05) is 25.1 Å². The van der Waals surface area contributed by atoms with Gasteiger partial charge in [0, 0.05) is 4.88 Å². The number of aromatic amines is 1. The van der Waals surface area contributed by atoms with Gasteiger partial charge < -0.3 is 15.0 Å². The summed E-state index contributed by atoms with van der Waals surface area (Å²) in [6.07, 6.45) is 4.07. The molecule has 1 aromatic carbocycles. The van der Waals surface area contributed by atoms with Gasteiger partial charge in [-0.3, -0.25) is 4.79 Å². The van der Waals surface area contributed by atoms with Crippen molar-refractivity contribution in [2.24, 2.45) is 5.92 Å². The maximum atomic E-state index is 12.8. The van der Waals surface area contributed by atoms with Crippen LogP contribution in [0, 0.1) is 5.92 Å². The highest BCUT2D eigenvalue weighted by molar-refractivity contribution is 7.18. The van der Waals surface area contributed by atoms with E-state index in [1.165, 1.54) is 16.0 Å². The van der Waals surface area contributed by atoms with Crippen molar-refractivity contribution in [2.75, 3.05) is 13.7 Å². The van der Waals surface area contributed by atoms with Crippen LogP contribution in [0.1, 0.15) is 48.1 Å². The number of para-hydroxylation sites is 1. The van der Waals surface area contributed by atoms with Gasteiger partial charge in [-0.25, -0.2) is 4.98 Å². The summed E-state index contributed by atoms with van der Waals surface area (Å²) in [5.41, 5.74) is 2.40. The van der Waals surface area contributed by atoms with Gasteiger partial charge in [0.2, 0.25) is 0 Å². The normalized spacial score (nSPS) is 17.5. The number of benzene rings is 1. The Morgan fingerprint density at radius 2 is 2.21 bits per heavy atom. The van der Waals surface area contributed by atoms with E-state index in [0.29, 0.717) is 11.7 Å². The van der Waals surface area contributed by atoms with Crippen LogP contribution in [0.4, 0.5) is 0 Å². The summed E-state index contributed by atoms with van der Waals surface area (Å²) >= 11 is 1.70. The maximum absolute atomic E-state index is 12.8. The number of hydrogen-bond acceptors (Lipinski definition) is 5. The van der Waals surface area contributed by atoms with Crippen molar-refractivity contribution >= 4 is 21.6 Å². The number of methoxy groups -OCH3 is 1. The van der Waals surface area contributed by atoms with E-state index < -0.39 is 0 Å². The molecule has 0 bridgehead atoms. The first-order chi connectivity index (χ1) is 13.6. The Kier molecular flexibility index (Phi) is 5.51. The van der Waals surface area contributed by atoms with E-state index in [0.717, 1.165) is 48.2 Å². The fraction of sp³-hybridized carbons (Fsp3) is 0.455. The van der Waals surface area contributed by atoms with Gasteiger partial charge >= 0.3 is 0 Å². The smallest absolute Gasteiger partial charge is 0.259 e. The molecule has 0 fully saturated rings. The molecule has 0 saturated heterocycles. The van der Waals surface area contributed by atoms with Gasteiger partial charge in [0.15, 0.2) is 0 Å². The monoisotopic (exact) mass is 397 g/mol.